The van der Waals surface area contributed by atoms with Crippen molar-refractivity contribution in [2.45, 2.75) is 33.6 Å². The highest BCUT2D eigenvalue weighted by atomic mass is 16.5. The Morgan fingerprint density at radius 1 is 1.35 bits per heavy atom. The van der Waals surface area contributed by atoms with Crippen molar-refractivity contribution in [1.29, 1.82) is 0 Å². The molecule has 0 amide bonds. The van der Waals surface area contributed by atoms with Crippen LogP contribution in [-0.4, -0.2) is 17.5 Å². The number of oxime groups is 1. The van der Waals surface area contributed by atoms with E-state index in [1.807, 2.05) is 24.3 Å². The first kappa shape index (κ1) is 13.6. The van der Waals surface area contributed by atoms with Crippen LogP contribution in [0.1, 0.15) is 32.8 Å². The normalized spacial score (nSPS) is 13.5. The first-order valence-corrected chi connectivity index (χ1v) is 6.05. The number of hydrogen-bond donors (Lipinski definition) is 1. The van der Waals surface area contributed by atoms with Gasteiger partial charge in [-0.1, -0.05) is 37.6 Å². The second kappa shape index (κ2) is 6.94. The smallest absolute Gasteiger partial charge is 0.119 e. The van der Waals surface area contributed by atoms with Crippen LogP contribution in [0.2, 0.25) is 0 Å². The Hall–Kier alpha value is -1.51. The molecule has 1 unspecified atom stereocenters. The van der Waals surface area contributed by atoms with Crippen LogP contribution in [0.5, 0.6) is 5.75 Å². The van der Waals surface area contributed by atoms with E-state index < -0.39 is 0 Å². The Morgan fingerprint density at radius 2 is 2.00 bits per heavy atom. The maximum absolute atomic E-state index is 8.59. The Labute approximate surface area is 103 Å². The van der Waals surface area contributed by atoms with E-state index in [0.29, 0.717) is 18.1 Å². The number of ether oxygens (including phenoxy) is 1. The molecule has 1 N–H and O–H groups in total. The molecule has 1 aromatic carbocycles. The highest BCUT2D eigenvalue weighted by molar-refractivity contribution is 5.83. The summed E-state index contributed by atoms with van der Waals surface area (Å²) < 4.78 is 5.67. The Kier molecular flexibility index (Phi) is 5.53. The van der Waals surface area contributed by atoms with Crippen LogP contribution in [-0.2, 0) is 6.42 Å². The van der Waals surface area contributed by atoms with Gasteiger partial charge in [0.25, 0.3) is 0 Å². The zero-order valence-electron chi connectivity index (χ0n) is 10.8. The Balaban J connectivity index is 2.50. The van der Waals surface area contributed by atoms with Crippen LogP contribution < -0.4 is 4.74 Å². The maximum atomic E-state index is 8.59. The molecule has 0 spiro atoms. The van der Waals surface area contributed by atoms with Crippen LogP contribution >= 0.6 is 0 Å². The Bertz CT molecular complexity index is 357. The zero-order valence-corrected chi connectivity index (χ0v) is 10.8. The quantitative estimate of drug-likeness (QED) is 0.466. The predicted molar refractivity (Wildman–Crippen MR) is 70.0 cm³/mol. The van der Waals surface area contributed by atoms with Gasteiger partial charge in [0.15, 0.2) is 0 Å². The van der Waals surface area contributed by atoms with E-state index >= 15 is 0 Å². The maximum Gasteiger partial charge on any atom is 0.119 e. The molecule has 0 fully saturated rings. The lowest BCUT2D eigenvalue weighted by atomic mass is 10.1. The molecule has 0 saturated carbocycles. The molecule has 0 aliphatic rings. The third kappa shape index (κ3) is 4.89. The minimum absolute atomic E-state index is 0.582. The van der Waals surface area contributed by atoms with Crippen molar-refractivity contribution in [2.24, 2.45) is 11.1 Å². The second-order valence-electron chi connectivity index (χ2n) is 4.48. The first-order valence-electron chi connectivity index (χ1n) is 6.05. The van der Waals surface area contributed by atoms with Crippen molar-refractivity contribution in [1.82, 2.24) is 0 Å². The minimum atomic E-state index is 0.582. The van der Waals surface area contributed by atoms with E-state index in [1.165, 1.54) is 0 Å². The largest absolute Gasteiger partial charge is 0.493 e. The summed E-state index contributed by atoms with van der Waals surface area (Å²) in [4.78, 5) is 0. The fourth-order valence-corrected chi connectivity index (χ4v) is 1.39. The standard InChI is InChI=1S/C14H21NO2/c1-4-11(2)10-17-14-7-5-13(6-8-14)9-12(3)15-16/h5-8,11,16H,4,9-10H2,1-3H3/b15-12+. The van der Waals surface area contributed by atoms with Crippen LogP contribution in [0.25, 0.3) is 0 Å². The average Bonchev–Trinajstić information content (AvgIpc) is 2.37. The van der Waals surface area contributed by atoms with Crippen molar-refractivity contribution in [3.63, 3.8) is 0 Å². The summed E-state index contributed by atoms with van der Waals surface area (Å²) in [5.41, 5.74) is 1.83. The number of rotatable bonds is 6. The average molecular weight is 235 g/mol. The summed E-state index contributed by atoms with van der Waals surface area (Å²) >= 11 is 0. The highest BCUT2D eigenvalue weighted by Crippen LogP contribution is 2.14. The van der Waals surface area contributed by atoms with E-state index in [2.05, 4.69) is 19.0 Å². The van der Waals surface area contributed by atoms with Crippen molar-refractivity contribution in [3.05, 3.63) is 29.8 Å². The molecule has 0 aliphatic carbocycles. The molecule has 0 aromatic heterocycles. The molecule has 1 rings (SSSR count). The molecular formula is C14H21NO2. The number of nitrogens with zero attached hydrogens (tertiary/aromatic N) is 1. The second-order valence-corrected chi connectivity index (χ2v) is 4.48. The van der Waals surface area contributed by atoms with Gasteiger partial charge in [-0.15, -0.1) is 0 Å². The van der Waals surface area contributed by atoms with Gasteiger partial charge in [-0.05, 0) is 30.5 Å². The van der Waals surface area contributed by atoms with Gasteiger partial charge in [-0.3, -0.25) is 0 Å². The van der Waals surface area contributed by atoms with Gasteiger partial charge < -0.3 is 9.94 Å². The van der Waals surface area contributed by atoms with E-state index in [-0.39, 0.29) is 0 Å². The van der Waals surface area contributed by atoms with Crippen molar-refractivity contribution in [2.75, 3.05) is 6.61 Å². The molecule has 0 bridgehead atoms. The van der Waals surface area contributed by atoms with Gasteiger partial charge in [-0.2, -0.15) is 0 Å². The number of benzene rings is 1. The van der Waals surface area contributed by atoms with Gasteiger partial charge in [-0.25, -0.2) is 0 Å². The molecule has 1 atom stereocenters. The first-order chi connectivity index (χ1) is 8.15. The lowest BCUT2D eigenvalue weighted by Crippen LogP contribution is -2.07. The highest BCUT2D eigenvalue weighted by Gasteiger charge is 2.01. The number of hydrogen-bond acceptors (Lipinski definition) is 3. The van der Waals surface area contributed by atoms with Crippen molar-refractivity contribution < 1.29 is 9.94 Å². The van der Waals surface area contributed by atoms with E-state index in [1.54, 1.807) is 6.92 Å². The summed E-state index contributed by atoms with van der Waals surface area (Å²) in [5, 5.41) is 11.7. The van der Waals surface area contributed by atoms with Crippen LogP contribution in [0, 0.1) is 5.92 Å². The van der Waals surface area contributed by atoms with Gasteiger partial charge >= 0.3 is 0 Å². The monoisotopic (exact) mass is 235 g/mol. The fourth-order valence-electron chi connectivity index (χ4n) is 1.39. The van der Waals surface area contributed by atoms with Crippen LogP contribution in [0.4, 0.5) is 0 Å². The van der Waals surface area contributed by atoms with Gasteiger partial charge in [0.1, 0.15) is 5.75 Å². The Morgan fingerprint density at radius 3 is 2.53 bits per heavy atom. The summed E-state index contributed by atoms with van der Waals surface area (Å²) in [5.74, 6) is 1.48. The van der Waals surface area contributed by atoms with Gasteiger partial charge in [0.2, 0.25) is 0 Å². The molecule has 0 heterocycles. The molecule has 1 aromatic rings. The summed E-state index contributed by atoms with van der Waals surface area (Å²) in [7, 11) is 0. The molecule has 0 radical (unpaired) electrons. The minimum Gasteiger partial charge on any atom is -0.493 e. The summed E-state index contributed by atoms with van der Waals surface area (Å²) in [6.45, 7) is 6.89. The van der Waals surface area contributed by atoms with Crippen LogP contribution in [0.3, 0.4) is 0 Å². The van der Waals surface area contributed by atoms with Gasteiger partial charge in [0, 0.05) is 6.42 Å². The topological polar surface area (TPSA) is 41.8 Å². The summed E-state index contributed by atoms with van der Waals surface area (Å²) in [6.07, 6.45) is 1.80. The molecular weight excluding hydrogens is 214 g/mol. The van der Waals surface area contributed by atoms with E-state index in [9.17, 15) is 0 Å². The summed E-state index contributed by atoms with van der Waals surface area (Å²) in [6, 6.07) is 7.92. The van der Waals surface area contributed by atoms with E-state index in [4.69, 9.17) is 9.94 Å². The predicted octanol–water partition coefficient (Wildman–Crippen LogP) is 3.50. The van der Waals surface area contributed by atoms with Crippen molar-refractivity contribution >= 4 is 5.71 Å². The molecule has 0 saturated heterocycles. The van der Waals surface area contributed by atoms with Crippen molar-refractivity contribution in [3.8, 4) is 5.75 Å². The van der Waals surface area contributed by atoms with Gasteiger partial charge in [0.05, 0.1) is 12.3 Å². The SMILES string of the molecule is CCC(C)COc1ccc(C/C(C)=N/O)cc1. The molecule has 3 nitrogen and oxygen atoms in total. The van der Waals surface area contributed by atoms with Crippen LogP contribution in [0.15, 0.2) is 29.4 Å². The fraction of sp³-hybridized carbons (Fsp3) is 0.500. The molecule has 3 heteroatoms. The molecule has 94 valence electrons. The lowest BCUT2D eigenvalue weighted by molar-refractivity contribution is 0.256. The van der Waals surface area contributed by atoms with E-state index in [0.717, 1.165) is 24.3 Å². The third-order valence-electron chi connectivity index (χ3n) is 2.79. The molecule has 0 aliphatic heterocycles. The zero-order chi connectivity index (χ0) is 12.7. The third-order valence-corrected chi connectivity index (χ3v) is 2.79. The lowest BCUT2D eigenvalue weighted by Gasteiger charge is -2.11. The molecule has 17 heavy (non-hydrogen) atoms.